The Hall–Kier alpha value is -1.63. The highest BCUT2D eigenvalue weighted by atomic mass is 32.1. The molecule has 0 fully saturated rings. The van der Waals surface area contributed by atoms with E-state index in [-0.39, 0.29) is 6.04 Å². The van der Waals surface area contributed by atoms with Crippen LogP contribution >= 0.6 is 11.3 Å². The second kappa shape index (κ2) is 4.26. The molecule has 0 unspecified atom stereocenters. The van der Waals surface area contributed by atoms with Crippen LogP contribution in [0.1, 0.15) is 22.7 Å². The van der Waals surface area contributed by atoms with Gasteiger partial charge in [0.15, 0.2) is 0 Å². The normalized spacial score (nSPS) is 12.0. The quantitative estimate of drug-likeness (QED) is 0.835. The van der Waals surface area contributed by atoms with Crippen LogP contribution in [0.2, 0.25) is 0 Å². The fourth-order valence-corrected chi connectivity index (χ4v) is 2.11. The monoisotopic (exact) mass is 214 g/mol. The van der Waals surface area contributed by atoms with E-state index in [1.165, 1.54) is 0 Å². The SMILES string of the molecule is N#Cc1ccc([C@H](N)c2ccsc2)cc1. The highest BCUT2D eigenvalue weighted by Crippen LogP contribution is 2.21. The van der Waals surface area contributed by atoms with E-state index in [0.717, 1.165) is 11.1 Å². The summed E-state index contributed by atoms with van der Waals surface area (Å²) in [7, 11) is 0. The molecule has 0 radical (unpaired) electrons. The maximum atomic E-state index is 8.67. The van der Waals surface area contributed by atoms with E-state index < -0.39 is 0 Å². The van der Waals surface area contributed by atoms with E-state index >= 15 is 0 Å². The van der Waals surface area contributed by atoms with Crippen molar-refractivity contribution in [2.75, 3.05) is 0 Å². The fourth-order valence-electron chi connectivity index (χ4n) is 1.41. The molecule has 3 heteroatoms. The molecule has 2 aromatic rings. The Morgan fingerprint density at radius 3 is 2.40 bits per heavy atom. The second-order valence-corrected chi connectivity index (χ2v) is 4.05. The number of hydrogen-bond acceptors (Lipinski definition) is 3. The van der Waals surface area contributed by atoms with E-state index in [4.69, 9.17) is 11.0 Å². The van der Waals surface area contributed by atoms with Crippen LogP contribution in [0.25, 0.3) is 0 Å². The first-order valence-electron chi connectivity index (χ1n) is 4.59. The molecule has 0 spiro atoms. The number of hydrogen-bond donors (Lipinski definition) is 1. The average Bonchev–Trinajstić information content (AvgIpc) is 2.82. The van der Waals surface area contributed by atoms with Crippen LogP contribution in [0, 0.1) is 11.3 Å². The lowest BCUT2D eigenvalue weighted by molar-refractivity contribution is 0.877. The van der Waals surface area contributed by atoms with Crippen molar-refractivity contribution >= 4 is 11.3 Å². The molecule has 2 N–H and O–H groups in total. The maximum Gasteiger partial charge on any atom is 0.0991 e. The van der Waals surface area contributed by atoms with Gasteiger partial charge in [-0.3, -0.25) is 0 Å². The van der Waals surface area contributed by atoms with Gasteiger partial charge in [-0.05, 0) is 40.1 Å². The van der Waals surface area contributed by atoms with Crippen LogP contribution in [0.5, 0.6) is 0 Å². The molecule has 1 atom stereocenters. The zero-order chi connectivity index (χ0) is 10.7. The molecule has 0 bridgehead atoms. The predicted molar refractivity (Wildman–Crippen MR) is 61.5 cm³/mol. The largest absolute Gasteiger partial charge is 0.320 e. The second-order valence-electron chi connectivity index (χ2n) is 3.27. The van der Waals surface area contributed by atoms with Crippen molar-refractivity contribution in [2.45, 2.75) is 6.04 Å². The topological polar surface area (TPSA) is 49.8 Å². The number of nitrogens with two attached hydrogens (primary N) is 1. The van der Waals surface area contributed by atoms with Crippen LogP contribution < -0.4 is 5.73 Å². The number of thiophene rings is 1. The Balaban J connectivity index is 2.27. The van der Waals surface area contributed by atoms with Crippen LogP contribution in [0.3, 0.4) is 0 Å². The van der Waals surface area contributed by atoms with Crippen molar-refractivity contribution in [1.82, 2.24) is 0 Å². The summed E-state index contributed by atoms with van der Waals surface area (Å²) in [6.07, 6.45) is 0. The average molecular weight is 214 g/mol. The lowest BCUT2D eigenvalue weighted by atomic mass is 10.0. The van der Waals surface area contributed by atoms with E-state index in [1.54, 1.807) is 23.5 Å². The third-order valence-corrected chi connectivity index (χ3v) is 3.00. The van der Waals surface area contributed by atoms with Crippen molar-refractivity contribution < 1.29 is 0 Å². The van der Waals surface area contributed by atoms with Gasteiger partial charge >= 0.3 is 0 Å². The lowest BCUT2D eigenvalue weighted by Crippen LogP contribution is -2.10. The minimum absolute atomic E-state index is 0.0935. The Morgan fingerprint density at radius 1 is 1.13 bits per heavy atom. The van der Waals surface area contributed by atoms with E-state index in [2.05, 4.69) is 6.07 Å². The summed E-state index contributed by atoms with van der Waals surface area (Å²) >= 11 is 1.64. The standard InChI is InChI=1S/C12H10N2S/c13-7-9-1-3-10(4-2-9)12(14)11-5-6-15-8-11/h1-6,8,12H,14H2/t12-/m0/s1. The number of benzene rings is 1. The summed E-state index contributed by atoms with van der Waals surface area (Å²) < 4.78 is 0. The van der Waals surface area contributed by atoms with E-state index in [9.17, 15) is 0 Å². The Morgan fingerprint density at radius 2 is 1.87 bits per heavy atom. The molecule has 2 rings (SSSR count). The van der Waals surface area contributed by atoms with E-state index in [0.29, 0.717) is 5.56 Å². The number of rotatable bonds is 2. The van der Waals surface area contributed by atoms with Crippen LogP contribution in [0.15, 0.2) is 41.1 Å². The molecule has 2 nitrogen and oxygen atoms in total. The fraction of sp³-hybridized carbons (Fsp3) is 0.0833. The van der Waals surface area contributed by atoms with Gasteiger partial charge in [0.2, 0.25) is 0 Å². The molecule has 1 aromatic heterocycles. The molecule has 0 amide bonds. The number of nitrogens with zero attached hydrogens (tertiary/aromatic N) is 1. The minimum atomic E-state index is -0.0935. The molecule has 1 aromatic carbocycles. The molecule has 0 aliphatic heterocycles. The van der Waals surface area contributed by atoms with Crippen molar-refractivity contribution in [2.24, 2.45) is 5.73 Å². The van der Waals surface area contributed by atoms with Crippen LogP contribution in [0.4, 0.5) is 0 Å². The molecule has 0 saturated carbocycles. The summed E-state index contributed by atoms with van der Waals surface area (Å²) in [5.41, 5.74) is 8.89. The molecular weight excluding hydrogens is 204 g/mol. The third kappa shape index (κ3) is 2.07. The molecule has 0 aliphatic rings. The Labute approximate surface area is 92.6 Å². The molecule has 15 heavy (non-hydrogen) atoms. The van der Waals surface area contributed by atoms with Gasteiger partial charge in [-0.15, -0.1) is 0 Å². The van der Waals surface area contributed by atoms with Gasteiger partial charge in [-0.25, -0.2) is 0 Å². The van der Waals surface area contributed by atoms with Gasteiger partial charge in [-0.2, -0.15) is 16.6 Å². The number of nitriles is 1. The molecule has 0 aliphatic carbocycles. The first kappa shape index (κ1) is 9.91. The van der Waals surface area contributed by atoms with Crippen LogP contribution in [-0.4, -0.2) is 0 Å². The maximum absolute atomic E-state index is 8.67. The molecular formula is C12H10N2S. The van der Waals surface area contributed by atoms with Crippen molar-refractivity contribution in [3.05, 3.63) is 57.8 Å². The van der Waals surface area contributed by atoms with E-state index in [1.807, 2.05) is 29.0 Å². The summed E-state index contributed by atoms with van der Waals surface area (Å²) in [5.74, 6) is 0. The minimum Gasteiger partial charge on any atom is -0.320 e. The van der Waals surface area contributed by atoms with Gasteiger partial charge in [0.1, 0.15) is 0 Å². The van der Waals surface area contributed by atoms with Gasteiger partial charge in [0, 0.05) is 0 Å². The summed E-state index contributed by atoms with van der Waals surface area (Å²) in [5, 5.41) is 12.7. The first-order valence-corrected chi connectivity index (χ1v) is 5.53. The highest BCUT2D eigenvalue weighted by Gasteiger charge is 2.08. The van der Waals surface area contributed by atoms with Gasteiger partial charge < -0.3 is 5.73 Å². The Bertz CT molecular complexity index is 465. The Kier molecular flexibility index (Phi) is 2.82. The summed E-state index contributed by atoms with van der Waals surface area (Å²) in [6, 6.07) is 11.4. The van der Waals surface area contributed by atoms with Crippen molar-refractivity contribution in [3.63, 3.8) is 0 Å². The van der Waals surface area contributed by atoms with Gasteiger partial charge in [-0.1, -0.05) is 12.1 Å². The zero-order valence-corrected chi connectivity index (χ0v) is 8.87. The van der Waals surface area contributed by atoms with Gasteiger partial charge in [0.05, 0.1) is 17.7 Å². The van der Waals surface area contributed by atoms with Crippen molar-refractivity contribution in [3.8, 4) is 6.07 Å². The highest BCUT2D eigenvalue weighted by molar-refractivity contribution is 7.08. The lowest BCUT2D eigenvalue weighted by Gasteiger charge is -2.09. The molecule has 1 heterocycles. The van der Waals surface area contributed by atoms with Gasteiger partial charge in [0.25, 0.3) is 0 Å². The zero-order valence-electron chi connectivity index (χ0n) is 8.05. The summed E-state index contributed by atoms with van der Waals surface area (Å²) in [4.78, 5) is 0. The smallest absolute Gasteiger partial charge is 0.0991 e. The molecule has 74 valence electrons. The van der Waals surface area contributed by atoms with Crippen LogP contribution in [-0.2, 0) is 0 Å². The predicted octanol–water partition coefficient (Wildman–Crippen LogP) is 2.67. The summed E-state index contributed by atoms with van der Waals surface area (Å²) in [6.45, 7) is 0. The third-order valence-electron chi connectivity index (χ3n) is 2.30. The first-order chi connectivity index (χ1) is 7.31. The molecule has 0 saturated heterocycles. The van der Waals surface area contributed by atoms with Crippen molar-refractivity contribution in [1.29, 1.82) is 5.26 Å².